The Morgan fingerprint density at radius 2 is 1.67 bits per heavy atom. The van der Waals surface area contributed by atoms with Crippen LogP contribution in [0.3, 0.4) is 0 Å². The van der Waals surface area contributed by atoms with Crippen molar-refractivity contribution in [1.29, 1.82) is 0 Å². The average molecular weight is 362 g/mol. The van der Waals surface area contributed by atoms with Gasteiger partial charge >= 0.3 is 12.3 Å². The highest BCUT2D eigenvalue weighted by Crippen LogP contribution is 2.27. The number of carbonyl (C=O) groups is 1. The summed E-state index contributed by atoms with van der Waals surface area (Å²) in [7, 11) is 1.26. The zero-order valence-electron chi connectivity index (χ0n) is 12.5. The molecule has 24 heavy (non-hydrogen) atoms. The molecule has 1 atom stereocenters. The van der Waals surface area contributed by atoms with E-state index in [-0.39, 0.29) is 18.2 Å². The molecule has 2 aromatic rings. The van der Waals surface area contributed by atoms with E-state index in [2.05, 4.69) is 4.74 Å². The van der Waals surface area contributed by atoms with E-state index >= 15 is 0 Å². The lowest BCUT2D eigenvalue weighted by molar-refractivity contribution is -0.274. The van der Waals surface area contributed by atoms with Crippen molar-refractivity contribution in [2.45, 2.75) is 12.4 Å². The molecule has 0 aliphatic carbocycles. The van der Waals surface area contributed by atoms with Gasteiger partial charge in [0.15, 0.2) is 0 Å². The van der Waals surface area contributed by atoms with Crippen molar-refractivity contribution in [3.63, 3.8) is 0 Å². The van der Waals surface area contributed by atoms with Gasteiger partial charge in [-0.1, -0.05) is 30.3 Å². The summed E-state index contributed by atoms with van der Waals surface area (Å²) in [5.74, 6) is -0.872. The Balaban J connectivity index is 0.00000288. The van der Waals surface area contributed by atoms with Crippen LogP contribution < -0.4 is 10.5 Å². The van der Waals surface area contributed by atoms with Crippen LogP contribution >= 0.6 is 12.4 Å². The number of hydrogen-bond donors (Lipinski definition) is 1. The average Bonchev–Trinajstić information content (AvgIpc) is 2.52. The van der Waals surface area contributed by atoms with Crippen LogP contribution in [-0.2, 0) is 4.74 Å². The first-order valence-electron chi connectivity index (χ1n) is 6.60. The molecule has 0 unspecified atom stereocenters. The van der Waals surface area contributed by atoms with Gasteiger partial charge < -0.3 is 15.2 Å². The third kappa shape index (κ3) is 4.87. The molecule has 130 valence electrons. The first-order chi connectivity index (χ1) is 10.8. The maximum atomic E-state index is 12.1. The molecule has 2 rings (SSSR count). The standard InChI is InChI=1S/C16H14F3NO3.ClH/c1-22-15(21)13-5-3-2-4-12(13)14(20)10-6-8-11(9-7-10)23-16(17,18)19;/h2-9,14H,20H2,1H3;1H/t14-;/m1./s1. The number of carbonyl (C=O) groups excluding carboxylic acids is 1. The van der Waals surface area contributed by atoms with Crippen molar-refractivity contribution in [3.05, 3.63) is 65.2 Å². The van der Waals surface area contributed by atoms with Crippen LogP contribution in [0.25, 0.3) is 0 Å². The fourth-order valence-electron chi connectivity index (χ4n) is 2.12. The second-order valence-corrected chi connectivity index (χ2v) is 4.67. The van der Waals surface area contributed by atoms with Crippen molar-refractivity contribution < 1.29 is 27.4 Å². The van der Waals surface area contributed by atoms with E-state index in [1.807, 2.05) is 0 Å². The lowest BCUT2D eigenvalue weighted by atomic mass is 9.95. The van der Waals surface area contributed by atoms with Gasteiger partial charge in [0, 0.05) is 0 Å². The van der Waals surface area contributed by atoms with Crippen LogP contribution in [0.1, 0.15) is 27.5 Å². The lowest BCUT2D eigenvalue weighted by Gasteiger charge is -2.16. The topological polar surface area (TPSA) is 61.5 Å². The molecule has 0 bridgehead atoms. The molecule has 0 aliphatic heterocycles. The number of hydrogen-bond acceptors (Lipinski definition) is 4. The molecule has 4 nitrogen and oxygen atoms in total. The van der Waals surface area contributed by atoms with Crippen LogP contribution in [0.15, 0.2) is 48.5 Å². The molecule has 2 N–H and O–H groups in total. The SMILES string of the molecule is COC(=O)c1ccccc1[C@H](N)c1ccc(OC(F)(F)F)cc1.Cl. The summed E-state index contributed by atoms with van der Waals surface area (Å²) in [5, 5.41) is 0. The third-order valence-electron chi connectivity index (χ3n) is 3.17. The minimum absolute atomic E-state index is 0. The van der Waals surface area contributed by atoms with Gasteiger partial charge in [-0.25, -0.2) is 4.79 Å². The smallest absolute Gasteiger partial charge is 0.465 e. The normalized spacial score (nSPS) is 12.0. The van der Waals surface area contributed by atoms with Crippen LogP contribution in [-0.4, -0.2) is 19.4 Å². The zero-order valence-corrected chi connectivity index (χ0v) is 13.4. The van der Waals surface area contributed by atoms with Gasteiger partial charge in [-0.15, -0.1) is 25.6 Å². The molecular formula is C16H15ClF3NO3. The number of esters is 1. The molecule has 2 aromatic carbocycles. The molecular weight excluding hydrogens is 347 g/mol. The van der Waals surface area contributed by atoms with Crippen LogP contribution in [0, 0.1) is 0 Å². The quantitative estimate of drug-likeness (QED) is 0.840. The first kappa shape index (κ1) is 19.8. The summed E-state index contributed by atoms with van der Waals surface area (Å²) in [6, 6.07) is 11.1. The Morgan fingerprint density at radius 1 is 1.08 bits per heavy atom. The Kier molecular flexibility index (Phi) is 6.62. The van der Waals surface area contributed by atoms with E-state index in [0.29, 0.717) is 16.7 Å². The van der Waals surface area contributed by atoms with Gasteiger partial charge in [-0.2, -0.15) is 0 Å². The van der Waals surface area contributed by atoms with E-state index in [4.69, 9.17) is 10.5 Å². The Hall–Kier alpha value is -2.25. The summed E-state index contributed by atoms with van der Waals surface area (Å²) in [5.41, 5.74) is 7.48. The molecule has 0 heterocycles. The molecule has 0 aromatic heterocycles. The predicted molar refractivity (Wildman–Crippen MR) is 84.2 cm³/mol. The fourth-order valence-corrected chi connectivity index (χ4v) is 2.12. The fraction of sp³-hybridized carbons (Fsp3) is 0.188. The second-order valence-electron chi connectivity index (χ2n) is 4.67. The van der Waals surface area contributed by atoms with Crippen molar-refractivity contribution in [3.8, 4) is 5.75 Å². The highest BCUT2D eigenvalue weighted by molar-refractivity contribution is 5.91. The van der Waals surface area contributed by atoms with Gasteiger partial charge in [0.1, 0.15) is 5.75 Å². The molecule has 0 saturated carbocycles. The highest BCUT2D eigenvalue weighted by Gasteiger charge is 2.31. The van der Waals surface area contributed by atoms with E-state index in [1.54, 1.807) is 24.3 Å². The summed E-state index contributed by atoms with van der Waals surface area (Å²) < 4.78 is 44.9. The van der Waals surface area contributed by atoms with Crippen molar-refractivity contribution >= 4 is 18.4 Å². The zero-order chi connectivity index (χ0) is 17.0. The Bertz CT molecular complexity index is 690. The van der Waals surface area contributed by atoms with Gasteiger partial charge in [-0.05, 0) is 29.3 Å². The molecule has 0 aliphatic rings. The van der Waals surface area contributed by atoms with Gasteiger partial charge in [-0.3, -0.25) is 0 Å². The van der Waals surface area contributed by atoms with Gasteiger partial charge in [0.05, 0.1) is 18.7 Å². The summed E-state index contributed by atoms with van der Waals surface area (Å²) in [6.07, 6.45) is -4.75. The Labute approximate surface area is 142 Å². The molecule has 0 amide bonds. The van der Waals surface area contributed by atoms with E-state index in [9.17, 15) is 18.0 Å². The van der Waals surface area contributed by atoms with Gasteiger partial charge in [0.25, 0.3) is 0 Å². The number of alkyl halides is 3. The second kappa shape index (κ2) is 8.03. The number of benzene rings is 2. The van der Waals surface area contributed by atoms with Crippen molar-refractivity contribution in [1.82, 2.24) is 0 Å². The number of rotatable bonds is 4. The number of halogens is 4. The lowest BCUT2D eigenvalue weighted by Crippen LogP contribution is -2.18. The molecule has 0 spiro atoms. The van der Waals surface area contributed by atoms with E-state index in [0.717, 1.165) is 0 Å². The number of methoxy groups -OCH3 is 1. The minimum Gasteiger partial charge on any atom is -0.465 e. The number of nitrogens with two attached hydrogens (primary N) is 1. The molecule has 0 radical (unpaired) electrons. The molecule has 0 saturated heterocycles. The largest absolute Gasteiger partial charge is 0.573 e. The monoisotopic (exact) mass is 361 g/mol. The van der Waals surface area contributed by atoms with Crippen molar-refractivity contribution in [2.24, 2.45) is 5.73 Å². The minimum atomic E-state index is -4.75. The Morgan fingerprint density at radius 3 is 2.21 bits per heavy atom. The number of ether oxygens (including phenoxy) is 2. The maximum Gasteiger partial charge on any atom is 0.573 e. The summed E-state index contributed by atoms with van der Waals surface area (Å²) in [4.78, 5) is 11.8. The third-order valence-corrected chi connectivity index (χ3v) is 3.17. The van der Waals surface area contributed by atoms with E-state index in [1.165, 1.54) is 31.4 Å². The van der Waals surface area contributed by atoms with Crippen LogP contribution in [0.2, 0.25) is 0 Å². The molecule has 8 heteroatoms. The first-order valence-corrected chi connectivity index (χ1v) is 6.60. The maximum absolute atomic E-state index is 12.1. The van der Waals surface area contributed by atoms with E-state index < -0.39 is 18.4 Å². The summed E-state index contributed by atoms with van der Waals surface area (Å²) >= 11 is 0. The molecule has 0 fully saturated rings. The van der Waals surface area contributed by atoms with Crippen LogP contribution in [0.5, 0.6) is 5.75 Å². The van der Waals surface area contributed by atoms with Crippen LogP contribution in [0.4, 0.5) is 13.2 Å². The van der Waals surface area contributed by atoms with Crippen molar-refractivity contribution in [2.75, 3.05) is 7.11 Å². The summed E-state index contributed by atoms with van der Waals surface area (Å²) in [6.45, 7) is 0. The van der Waals surface area contributed by atoms with Gasteiger partial charge in [0.2, 0.25) is 0 Å². The predicted octanol–water partition coefficient (Wildman–Crippen LogP) is 3.84. The highest BCUT2D eigenvalue weighted by atomic mass is 35.5.